The van der Waals surface area contributed by atoms with Gasteiger partial charge in [-0.05, 0) is 41.5 Å². The number of rotatable bonds is 5. The van der Waals surface area contributed by atoms with Crippen molar-refractivity contribution in [3.63, 3.8) is 0 Å². The number of phenols is 5. The largest absolute Gasteiger partial charge is 0.504 e. The van der Waals surface area contributed by atoms with Crippen LogP contribution in [0.4, 0.5) is 0 Å². The minimum absolute atomic E-state index is 0.130. The Hall–Kier alpha value is -7.85. The zero-order valence-corrected chi connectivity index (χ0v) is 28.7. The molecule has 0 unspecified atom stereocenters. The number of para-hydroxylation sites is 2. The summed E-state index contributed by atoms with van der Waals surface area (Å²) in [5, 5.41) is 56.5. The number of fused-ring (bicyclic) bond motifs is 6. The van der Waals surface area contributed by atoms with Crippen molar-refractivity contribution in [1.82, 2.24) is 19.5 Å². The summed E-state index contributed by atoms with van der Waals surface area (Å²) >= 11 is 0. The molecule has 3 aromatic heterocycles. The molecule has 10 rings (SSSR count). The lowest BCUT2D eigenvalue weighted by Gasteiger charge is -2.13. The highest BCUT2D eigenvalue weighted by molar-refractivity contribution is 6.16. The van der Waals surface area contributed by atoms with Gasteiger partial charge in [0.15, 0.2) is 29.0 Å². The van der Waals surface area contributed by atoms with E-state index in [4.69, 9.17) is 9.40 Å². The maximum Gasteiger partial charge on any atom is 0.208 e. The highest BCUT2D eigenvalue weighted by atomic mass is 16.4. The molecule has 0 amide bonds. The van der Waals surface area contributed by atoms with Crippen LogP contribution >= 0.6 is 0 Å². The number of hydrogen-bond donors (Lipinski definition) is 5. The van der Waals surface area contributed by atoms with Gasteiger partial charge in [0, 0.05) is 21.7 Å². The zero-order valence-electron chi connectivity index (χ0n) is 28.7. The predicted octanol–water partition coefficient (Wildman–Crippen LogP) is 10.1. The summed E-state index contributed by atoms with van der Waals surface area (Å²) in [7, 11) is 0. The van der Waals surface area contributed by atoms with E-state index < -0.39 is 34.3 Å². The van der Waals surface area contributed by atoms with Gasteiger partial charge in [0.25, 0.3) is 0 Å². The molecule has 7 aromatic carbocycles. The van der Waals surface area contributed by atoms with Crippen molar-refractivity contribution in [2.24, 2.45) is 0 Å². The summed E-state index contributed by atoms with van der Waals surface area (Å²) < 4.78 is 8.93. The lowest BCUT2D eigenvalue weighted by Crippen LogP contribution is -2.01. The number of phenolic OH excluding ortho intramolecular Hbond substituents is 5. The number of aromatic hydroxyl groups is 5. The van der Waals surface area contributed by atoms with E-state index in [9.17, 15) is 25.5 Å². The lowest BCUT2D eigenvalue weighted by atomic mass is 10.0. The Morgan fingerprint density at radius 1 is 0.436 bits per heavy atom. The van der Waals surface area contributed by atoms with Crippen LogP contribution in [0.5, 0.6) is 28.7 Å². The van der Waals surface area contributed by atoms with Crippen LogP contribution in [-0.4, -0.2) is 45.1 Å². The van der Waals surface area contributed by atoms with Crippen LogP contribution < -0.4 is 0 Å². The van der Waals surface area contributed by atoms with Gasteiger partial charge in [-0.3, -0.25) is 0 Å². The van der Waals surface area contributed by atoms with Crippen molar-refractivity contribution in [2.45, 2.75) is 0 Å². The van der Waals surface area contributed by atoms with Crippen molar-refractivity contribution in [1.29, 1.82) is 0 Å². The number of furan rings is 1. The van der Waals surface area contributed by atoms with Crippen LogP contribution in [-0.2, 0) is 0 Å². The molecular formula is C45H28N4O6. The van der Waals surface area contributed by atoms with Crippen molar-refractivity contribution in [2.75, 3.05) is 0 Å². The summed E-state index contributed by atoms with van der Waals surface area (Å²) in [5.74, 6) is -4.96. The van der Waals surface area contributed by atoms with E-state index in [-0.39, 0.29) is 17.5 Å². The van der Waals surface area contributed by atoms with Crippen LogP contribution in [0.3, 0.4) is 0 Å². The standard InChI is InChI=1S/C45H28N4O6/c50-37-36(38(51)40(53)41(54)39(37)52)45-47-43(25-13-5-2-6-14-25)46-44(48-45)30-17-9-16-29-35-32(19-10-20-34(35)55-42(29)30)49-31-18-8-7-15-27(31)28-22-21-26(23-33(28)49)24-11-3-1-4-12-24/h1-23,50-54H. The SMILES string of the molecule is Oc1c(O)c(O)c(-c2nc(-c3ccccc3)nc(-c3cccc4c3oc3cccc(-n5c6ccccc6c6ccc(-c7ccccc7)cc65)c34)n2)c(O)c1O. The van der Waals surface area contributed by atoms with Gasteiger partial charge >= 0.3 is 0 Å². The molecule has 0 aliphatic carbocycles. The van der Waals surface area contributed by atoms with Crippen molar-refractivity contribution in [3.05, 3.63) is 140 Å². The molecule has 10 nitrogen and oxygen atoms in total. The molecule has 0 saturated heterocycles. The molecule has 0 radical (unpaired) electrons. The topological polar surface area (TPSA) is 158 Å². The Kier molecular flexibility index (Phi) is 7.01. The molecule has 3 heterocycles. The molecular weight excluding hydrogens is 693 g/mol. The van der Waals surface area contributed by atoms with Gasteiger partial charge in [0.1, 0.15) is 16.7 Å². The second kappa shape index (κ2) is 12.1. The van der Waals surface area contributed by atoms with Crippen molar-refractivity contribution >= 4 is 43.7 Å². The average molecular weight is 721 g/mol. The van der Waals surface area contributed by atoms with E-state index in [1.807, 2.05) is 72.8 Å². The number of aromatic nitrogens is 4. The van der Waals surface area contributed by atoms with Crippen LogP contribution in [0.25, 0.3) is 94.7 Å². The highest BCUT2D eigenvalue weighted by Crippen LogP contribution is 2.54. The van der Waals surface area contributed by atoms with Gasteiger partial charge in [0.2, 0.25) is 17.2 Å². The van der Waals surface area contributed by atoms with Crippen molar-refractivity contribution < 1.29 is 29.9 Å². The first-order chi connectivity index (χ1) is 26.9. The highest BCUT2D eigenvalue weighted by Gasteiger charge is 2.28. The third-order valence-corrected chi connectivity index (χ3v) is 10.0. The summed E-state index contributed by atoms with van der Waals surface area (Å²) in [4.78, 5) is 14.0. The average Bonchev–Trinajstić information content (AvgIpc) is 3.78. The van der Waals surface area contributed by atoms with E-state index in [0.29, 0.717) is 22.3 Å². The number of hydrogen-bond acceptors (Lipinski definition) is 9. The summed E-state index contributed by atoms with van der Waals surface area (Å²) in [6, 6.07) is 45.8. The molecule has 55 heavy (non-hydrogen) atoms. The molecule has 10 aromatic rings. The monoisotopic (exact) mass is 720 g/mol. The number of benzene rings is 7. The van der Waals surface area contributed by atoms with Crippen LogP contribution in [0, 0.1) is 0 Å². The van der Waals surface area contributed by atoms with E-state index in [1.165, 1.54) is 0 Å². The maximum absolute atomic E-state index is 10.9. The second-order valence-corrected chi connectivity index (χ2v) is 13.2. The second-order valence-electron chi connectivity index (χ2n) is 13.2. The van der Waals surface area contributed by atoms with Gasteiger partial charge in [-0.2, -0.15) is 0 Å². The van der Waals surface area contributed by atoms with Gasteiger partial charge < -0.3 is 34.5 Å². The summed E-state index contributed by atoms with van der Waals surface area (Å²) in [6.45, 7) is 0. The van der Waals surface area contributed by atoms with Crippen molar-refractivity contribution in [3.8, 4) is 79.7 Å². The van der Waals surface area contributed by atoms with Crippen LogP contribution in [0.2, 0.25) is 0 Å². The van der Waals surface area contributed by atoms with Crippen LogP contribution in [0.15, 0.2) is 144 Å². The quantitative estimate of drug-likeness (QED) is 0.0862. The maximum atomic E-state index is 10.9. The molecule has 0 spiro atoms. The first-order valence-corrected chi connectivity index (χ1v) is 17.4. The zero-order chi connectivity index (χ0) is 37.4. The third-order valence-electron chi connectivity index (χ3n) is 10.0. The normalized spacial score (nSPS) is 11.6. The molecule has 5 N–H and O–H groups in total. The Labute approximate surface area is 311 Å². The molecule has 10 heteroatoms. The predicted molar refractivity (Wildman–Crippen MR) is 212 cm³/mol. The Bertz CT molecular complexity index is 3130. The first kappa shape index (κ1) is 31.9. The Morgan fingerprint density at radius 2 is 1.04 bits per heavy atom. The molecule has 0 saturated carbocycles. The fraction of sp³-hybridized carbons (Fsp3) is 0. The Morgan fingerprint density at radius 3 is 1.80 bits per heavy atom. The molecule has 0 atom stereocenters. The fourth-order valence-electron chi connectivity index (χ4n) is 7.45. The van der Waals surface area contributed by atoms with Gasteiger partial charge in [0.05, 0.1) is 27.7 Å². The minimum atomic E-state index is -1.08. The molecule has 0 aliphatic heterocycles. The van der Waals surface area contributed by atoms with E-state index in [2.05, 4.69) is 63.1 Å². The third kappa shape index (κ3) is 4.85. The van der Waals surface area contributed by atoms with E-state index in [0.717, 1.165) is 49.4 Å². The van der Waals surface area contributed by atoms with E-state index >= 15 is 0 Å². The fourth-order valence-corrected chi connectivity index (χ4v) is 7.45. The van der Waals surface area contributed by atoms with Gasteiger partial charge in [-0.25, -0.2) is 15.0 Å². The van der Waals surface area contributed by atoms with Gasteiger partial charge in [-0.1, -0.05) is 109 Å². The lowest BCUT2D eigenvalue weighted by molar-refractivity contribution is 0.329. The smallest absolute Gasteiger partial charge is 0.208 e. The summed E-state index contributed by atoms with van der Waals surface area (Å²) in [6.07, 6.45) is 0. The van der Waals surface area contributed by atoms with Gasteiger partial charge in [-0.15, -0.1) is 0 Å². The Balaban J connectivity index is 1.24. The molecule has 0 bridgehead atoms. The molecule has 0 fully saturated rings. The van der Waals surface area contributed by atoms with E-state index in [1.54, 1.807) is 18.2 Å². The number of nitrogens with zero attached hydrogens (tertiary/aromatic N) is 4. The summed E-state index contributed by atoms with van der Waals surface area (Å²) in [5.41, 5.74) is 6.90. The first-order valence-electron chi connectivity index (χ1n) is 17.4. The molecule has 264 valence electrons. The van der Waals surface area contributed by atoms with Crippen LogP contribution in [0.1, 0.15) is 0 Å². The molecule has 0 aliphatic rings. The minimum Gasteiger partial charge on any atom is -0.504 e.